The molecule has 0 aliphatic heterocycles. The van der Waals surface area contributed by atoms with Crippen molar-refractivity contribution in [1.82, 2.24) is 9.78 Å². The first kappa shape index (κ1) is 17.9. The highest BCUT2D eigenvalue weighted by Gasteiger charge is 2.11. The highest BCUT2D eigenvalue weighted by Crippen LogP contribution is 2.31. The Morgan fingerprint density at radius 3 is 2.40 bits per heavy atom. The molecule has 5 aromatic rings. The summed E-state index contributed by atoms with van der Waals surface area (Å²) in [7, 11) is 0. The van der Waals surface area contributed by atoms with E-state index < -0.39 is 0 Å². The number of guanidine groups is 1. The van der Waals surface area contributed by atoms with E-state index in [0.29, 0.717) is 0 Å². The first-order valence-electron chi connectivity index (χ1n) is 9.78. The Kier molecular flexibility index (Phi) is 4.21. The van der Waals surface area contributed by atoms with Crippen LogP contribution >= 0.6 is 0 Å². The molecule has 0 unspecified atom stereocenters. The first-order valence-corrected chi connectivity index (χ1v) is 9.78. The van der Waals surface area contributed by atoms with Gasteiger partial charge in [0.15, 0.2) is 5.96 Å². The minimum atomic E-state index is -0.0814. The van der Waals surface area contributed by atoms with Crippen molar-refractivity contribution in [2.45, 2.75) is 6.92 Å². The highest BCUT2D eigenvalue weighted by molar-refractivity contribution is 6.08. The lowest BCUT2D eigenvalue weighted by Gasteiger charge is -2.11. The quantitative estimate of drug-likeness (QED) is 0.217. The van der Waals surface area contributed by atoms with Crippen molar-refractivity contribution in [3.8, 4) is 16.9 Å². The van der Waals surface area contributed by atoms with Crippen LogP contribution in [0.2, 0.25) is 0 Å². The average molecular weight is 391 g/mol. The molecule has 5 heteroatoms. The van der Waals surface area contributed by atoms with Crippen molar-refractivity contribution >= 4 is 33.2 Å². The molecule has 1 heterocycles. The molecule has 0 radical (unpaired) electrons. The van der Waals surface area contributed by atoms with E-state index in [0.717, 1.165) is 28.3 Å². The zero-order valence-corrected chi connectivity index (χ0v) is 16.6. The van der Waals surface area contributed by atoms with Gasteiger partial charge in [-0.2, -0.15) is 5.10 Å². The summed E-state index contributed by atoms with van der Waals surface area (Å²) in [6.45, 7) is 2.00. The molecule has 0 aliphatic carbocycles. The van der Waals surface area contributed by atoms with Crippen LogP contribution in [0.15, 0.2) is 84.9 Å². The number of nitrogens with one attached hydrogen (secondary N) is 2. The fourth-order valence-electron chi connectivity index (χ4n) is 3.92. The van der Waals surface area contributed by atoms with Crippen molar-refractivity contribution in [2.75, 3.05) is 5.32 Å². The molecule has 0 fully saturated rings. The molecular weight excluding hydrogens is 370 g/mol. The van der Waals surface area contributed by atoms with Gasteiger partial charge in [0, 0.05) is 11.3 Å². The predicted molar refractivity (Wildman–Crippen MR) is 124 cm³/mol. The topological polar surface area (TPSA) is 79.7 Å². The summed E-state index contributed by atoms with van der Waals surface area (Å²) in [5.74, 6) is -0.0814. The molecule has 4 aromatic carbocycles. The smallest absolute Gasteiger partial charge is 0.190 e. The van der Waals surface area contributed by atoms with Crippen LogP contribution in [0.25, 0.3) is 38.5 Å². The Bertz CT molecular complexity index is 1400. The summed E-state index contributed by atoms with van der Waals surface area (Å²) in [6, 6.07) is 29.2. The molecule has 146 valence electrons. The number of hydrogen-bond donors (Lipinski definition) is 3. The van der Waals surface area contributed by atoms with Crippen LogP contribution in [-0.4, -0.2) is 15.7 Å². The zero-order chi connectivity index (χ0) is 20.7. The summed E-state index contributed by atoms with van der Waals surface area (Å²) in [5, 5.41) is 19.8. The van der Waals surface area contributed by atoms with Gasteiger partial charge < -0.3 is 11.1 Å². The summed E-state index contributed by atoms with van der Waals surface area (Å²) < 4.78 is 1.95. The van der Waals surface area contributed by atoms with Crippen molar-refractivity contribution in [3.63, 3.8) is 0 Å². The van der Waals surface area contributed by atoms with Crippen LogP contribution < -0.4 is 11.1 Å². The highest BCUT2D eigenvalue weighted by atomic mass is 15.3. The lowest BCUT2D eigenvalue weighted by Crippen LogP contribution is -2.20. The van der Waals surface area contributed by atoms with Crippen molar-refractivity contribution < 1.29 is 0 Å². The van der Waals surface area contributed by atoms with Gasteiger partial charge in [0.25, 0.3) is 0 Å². The number of benzene rings is 4. The van der Waals surface area contributed by atoms with Gasteiger partial charge in [-0.3, -0.25) is 5.41 Å². The van der Waals surface area contributed by atoms with Crippen LogP contribution in [0.4, 0.5) is 5.69 Å². The number of fused-ring (bicyclic) bond motifs is 3. The van der Waals surface area contributed by atoms with Crippen LogP contribution in [0.1, 0.15) is 5.69 Å². The normalized spacial score (nSPS) is 11.1. The third-order valence-electron chi connectivity index (χ3n) is 5.26. The second-order valence-electron chi connectivity index (χ2n) is 7.39. The molecular formula is C25H21N5. The van der Waals surface area contributed by atoms with E-state index in [4.69, 9.17) is 16.2 Å². The van der Waals surface area contributed by atoms with E-state index in [2.05, 4.69) is 66.0 Å². The number of nitrogens with two attached hydrogens (primary N) is 1. The van der Waals surface area contributed by atoms with E-state index in [-0.39, 0.29) is 5.96 Å². The van der Waals surface area contributed by atoms with Gasteiger partial charge >= 0.3 is 0 Å². The molecule has 0 saturated carbocycles. The number of nitrogens with zero attached hydrogens (tertiary/aromatic N) is 2. The second-order valence-corrected chi connectivity index (χ2v) is 7.39. The van der Waals surface area contributed by atoms with E-state index >= 15 is 0 Å². The van der Waals surface area contributed by atoms with Gasteiger partial charge in [-0.25, -0.2) is 4.68 Å². The van der Waals surface area contributed by atoms with Crippen molar-refractivity contribution in [2.24, 2.45) is 5.73 Å². The summed E-state index contributed by atoms with van der Waals surface area (Å²) >= 11 is 0. The molecule has 0 spiro atoms. The monoisotopic (exact) mass is 391 g/mol. The number of anilines is 1. The molecule has 0 saturated heterocycles. The van der Waals surface area contributed by atoms with Gasteiger partial charge in [0.2, 0.25) is 0 Å². The Labute approximate surface area is 174 Å². The van der Waals surface area contributed by atoms with Crippen LogP contribution in [0.3, 0.4) is 0 Å². The molecule has 0 bridgehead atoms. The Morgan fingerprint density at radius 1 is 0.867 bits per heavy atom. The standard InChI is InChI=1S/C25H21N5/c1-16-14-24(30(29-16)21-11-9-20(10-12-21)28-25(26)27)19-8-13-23-18(15-19)7-6-17-4-2-3-5-22(17)23/h2-15H,1H3,(H4,26,27,28). The van der Waals surface area contributed by atoms with Crippen molar-refractivity contribution in [3.05, 3.63) is 90.6 Å². The molecule has 5 nitrogen and oxygen atoms in total. The van der Waals surface area contributed by atoms with E-state index in [1.807, 2.05) is 35.9 Å². The van der Waals surface area contributed by atoms with Gasteiger partial charge in [0.05, 0.1) is 17.1 Å². The Morgan fingerprint density at radius 2 is 1.60 bits per heavy atom. The molecule has 30 heavy (non-hydrogen) atoms. The lowest BCUT2D eigenvalue weighted by molar-refractivity contribution is 0.869. The van der Waals surface area contributed by atoms with Crippen LogP contribution in [-0.2, 0) is 0 Å². The summed E-state index contributed by atoms with van der Waals surface area (Å²) in [4.78, 5) is 0. The SMILES string of the molecule is Cc1cc(-c2ccc3c(ccc4ccccc43)c2)n(-c2ccc(NC(=N)N)cc2)n1. The maximum atomic E-state index is 7.36. The van der Waals surface area contributed by atoms with Crippen molar-refractivity contribution in [1.29, 1.82) is 5.41 Å². The second kappa shape index (κ2) is 7.04. The molecule has 0 amide bonds. The summed E-state index contributed by atoms with van der Waals surface area (Å²) in [6.07, 6.45) is 0. The largest absolute Gasteiger partial charge is 0.370 e. The minimum absolute atomic E-state index is 0.0814. The summed E-state index contributed by atoms with van der Waals surface area (Å²) in [5.41, 5.74) is 10.2. The van der Waals surface area contributed by atoms with Gasteiger partial charge in [-0.15, -0.1) is 0 Å². The predicted octanol–water partition coefficient (Wildman–Crippen LogP) is 5.46. The Hall–Kier alpha value is -4.12. The minimum Gasteiger partial charge on any atom is -0.370 e. The fourth-order valence-corrected chi connectivity index (χ4v) is 3.92. The third kappa shape index (κ3) is 3.16. The van der Waals surface area contributed by atoms with Gasteiger partial charge in [-0.1, -0.05) is 48.5 Å². The molecule has 1 aromatic heterocycles. The lowest BCUT2D eigenvalue weighted by atomic mass is 9.99. The fraction of sp³-hybridized carbons (Fsp3) is 0.0400. The molecule has 4 N–H and O–H groups in total. The number of aromatic nitrogens is 2. The van der Waals surface area contributed by atoms with Crippen LogP contribution in [0, 0.1) is 12.3 Å². The maximum Gasteiger partial charge on any atom is 0.190 e. The van der Waals surface area contributed by atoms with Gasteiger partial charge in [-0.05, 0) is 64.9 Å². The Balaban J connectivity index is 1.60. The number of hydrogen-bond acceptors (Lipinski definition) is 2. The maximum absolute atomic E-state index is 7.36. The zero-order valence-electron chi connectivity index (χ0n) is 16.6. The van der Waals surface area contributed by atoms with E-state index in [1.54, 1.807) is 0 Å². The van der Waals surface area contributed by atoms with E-state index in [9.17, 15) is 0 Å². The molecule has 0 aliphatic rings. The number of rotatable bonds is 3. The average Bonchev–Trinajstić information content (AvgIpc) is 3.15. The van der Waals surface area contributed by atoms with E-state index in [1.165, 1.54) is 21.5 Å². The molecule has 0 atom stereocenters. The third-order valence-corrected chi connectivity index (χ3v) is 5.26. The first-order chi connectivity index (χ1) is 14.6. The molecule has 5 rings (SSSR count). The van der Waals surface area contributed by atoms with Crippen LogP contribution in [0.5, 0.6) is 0 Å². The number of aryl methyl sites for hydroxylation is 1. The van der Waals surface area contributed by atoms with Gasteiger partial charge in [0.1, 0.15) is 0 Å².